The summed E-state index contributed by atoms with van der Waals surface area (Å²) in [6.45, 7) is 10.7. The molecule has 0 spiro atoms. The van der Waals surface area contributed by atoms with E-state index in [9.17, 15) is 4.79 Å². The van der Waals surface area contributed by atoms with Crippen LogP contribution in [-0.4, -0.2) is 21.4 Å². The first kappa shape index (κ1) is 18.2. The van der Waals surface area contributed by atoms with Gasteiger partial charge in [-0.05, 0) is 36.5 Å². The Morgan fingerprint density at radius 2 is 1.65 bits per heavy atom. The molecule has 1 atom stereocenters. The van der Waals surface area contributed by atoms with Crippen molar-refractivity contribution in [2.75, 3.05) is 7.11 Å². The van der Waals surface area contributed by atoms with E-state index in [2.05, 4.69) is 32.9 Å². The fourth-order valence-electron chi connectivity index (χ4n) is 3.40. The highest BCUT2D eigenvalue weighted by molar-refractivity contribution is 6.79. The van der Waals surface area contributed by atoms with Crippen LogP contribution in [0.5, 0.6) is 0 Å². The van der Waals surface area contributed by atoms with Gasteiger partial charge in [-0.3, -0.25) is 4.79 Å². The second-order valence-electron chi connectivity index (χ2n) is 8.22. The van der Waals surface area contributed by atoms with Gasteiger partial charge in [-0.15, -0.1) is 0 Å². The minimum absolute atomic E-state index is 0.171. The number of ether oxygens (including phenoxy) is 1. The molecule has 0 N–H and O–H groups in total. The first-order valence-corrected chi connectivity index (χ1v) is 10.8. The molecular weight excluding hydrogens is 304 g/mol. The molecule has 1 heterocycles. The lowest BCUT2D eigenvalue weighted by Gasteiger charge is -2.52. The van der Waals surface area contributed by atoms with Crippen molar-refractivity contribution in [1.82, 2.24) is 0 Å². The Kier molecular flexibility index (Phi) is 5.07. The number of methoxy groups -OCH3 is 1. The average molecular weight is 335 g/mol. The normalized spacial score (nSPS) is 18.9. The summed E-state index contributed by atoms with van der Waals surface area (Å²) in [4.78, 5) is 12.4. The Bertz CT molecular complexity index is 541. The predicted octanol–water partition coefficient (Wildman–Crippen LogP) is 5.09. The van der Waals surface area contributed by atoms with Gasteiger partial charge in [-0.25, -0.2) is 0 Å². The van der Waals surface area contributed by atoms with E-state index >= 15 is 0 Å². The summed E-state index contributed by atoms with van der Waals surface area (Å²) in [5, 5.41) is 0.171. The molecule has 0 bridgehead atoms. The molecule has 1 unspecified atom stereocenters. The SMILES string of the molecule is COC(=O)C(C)(C)C(O[Si]1(C(C)(C)C)CCC1)c1ccccc1. The minimum atomic E-state index is -1.87. The van der Waals surface area contributed by atoms with Gasteiger partial charge in [0.1, 0.15) is 0 Å². The third-order valence-corrected chi connectivity index (χ3v) is 11.1. The Morgan fingerprint density at radius 1 is 1.09 bits per heavy atom. The molecule has 0 amide bonds. The summed E-state index contributed by atoms with van der Waals surface area (Å²) in [5.41, 5.74) is 0.350. The van der Waals surface area contributed by atoms with Crippen molar-refractivity contribution in [3.63, 3.8) is 0 Å². The van der Waals surface area contributed by atoms with Crippen molar-refractivity contribution >= 4 is 14.3 Å². The maximum Gasteiger partial charge on any atom is 0.314 e. The van der Waals surface area contributed by atoms with Crippen LogP contribution in [-0.2, 0) is 14.0 Å². The van der Waals surface area contributed by atoms with Gasteiger partial charge in [-0.2, -0.15) is 0 Å². The highest BCUT2D eigenvalue weighted by atomic mass is 28.4. The Morgan fingerprint density at radius 3 is 2.04 bits per heavy atom. The number of hydrogen-bond donors (Lipinski definition) is 0. The van der Waals surface area contributed by atoms with Crippen LogP contribution >= 0.6 is 0 Å². The standard InChI is InChI=1S/C19H30O3Si/c1-18(2,3)23(13-10-14-23)22-16(15-11-8-7-9-12-15)19(4,5)17(20)21-6/h7-9,11-12,16H,10,13-14H2,1-6H3. The van der Waals surface area contributed by atoms with Crippen LogP contribution in [0.4, 0.5) is 0 Å². The maximum atomic E-state index is 12.4. The monoisotopic (exact) mass is 334 g/mol. The van der Waals surface area contributed by atoms with Crippen LogP contribution in [0.15, 0.2) is 30.3 Å². The number of benzene rings is 1. The summed E-state index contributed by atoms with van der Waals surface area (Å²) in [7, 11) is -0.416. The van der Waals surface area contributed by atoms with E-state index < -0.39 is 13.7 Å². The molecule has 0 aliphatic carbocycles. The Balaban J connectivity index is 2.41. The van der Waals surface area contributed by atoms with E-state index in [1.54, 1.807) is 0 Å². The molecule has 1 fully saturated rings. The lowest BCUT2D eigenvalue weighted by Crippen LogP contribution is -2.55. The van der Waals surface area contributed by atoms with E-state index in [-0.39, 0.29) is 17.1 Å². The van der Waals surface area contributed by atoms with Crippen molar-refractivity contribution in [3.05, 3.63) is 35.9 Å². The molecule has 128 valence electrons. The zero-order chi connectivity index (χ0) is 17.3. The van der Waals surface area contributed by atoms with E-state index in [0.29, 0.717) is 0 Å². The third-order valence-electron chi connectivity index (χ3n) is 5.34. The predicted molar refractivity (Wildman–Crippen MR) is 95.8 cm³/mol. The van der Waals surface area contributed by atoms with Gasteiger partial charge in [-0.1, -0.05) is 57.5 Å². The van der Waals surface area contributed by atoms with E-state index in [1.165, 1.54) is 25.6 Å². The molecular formula is C19H30O3Si. The summed E-state index contributed by atoms with van der Waals surface area (Å²) in [5.74, 6) is -0.219. The van der Waals surface area contributed by atoms with Crippen molar-refractivity contribution in [1.29, 1.82) is 0 Å². The molecule has 1 aromatic rings. The van der Waals surface area contributed by atoms with E-state index in [4.69, 9.17) is 9.16 Å². The smallest absolute Gasteiger partial charge is 0.314 e. The van der Waals surface area contributed by atoms with Crippen LogP contribution in [0, 0.1) is 5.41 Å². The number of carbonyl (C=O) groups excluding carboxylic acids is 1. The van der Waals surface area contributed by atoms with Gasteiger partial charge in [0.25, 0.3) is 0 Å². The van der Waals surface area contributed by atoms with Crippen LogP contribution in [0.25, 0.3) is 0 Å². The molecule has 1 saturated heterocycles. The van der Waals surface area contributed by atoms with Crippen molar-refractivity contribution in [2.45, 2.75) is 64.3 Å². The molecule has 1 aromatic carbocycles. The van der Waals surface area contributed by atoms with E-state index in [0.717, 1.165) is 5.56 Å². The summed E-state index contributed by atoms with van der Waals surface area (Å²) in [6.07, 6.45) is 0.978. The molecule has 0 aromatic heterocycles. The van der Waals surface area contributed by atoms with Crippen molar-refractivity contribution < 1.29 is 14.0 Å². The maximum absolute atomic E-state index is 12.4. The molecule has 0 radical (unpaired) electrons. The van der Waals surface area contributed by atoms with Crippen LogP contribution in [0.3, 0.4) is 0 Å². The van der Waals surface area contributed by atoms with Crippen LogP contribution < -0.4 is 0 Å². The van der Waals surface area contributed by atoms with Gasteiger partial charge < -0.3 is 9.16 Å². The lowest BCUT2D eigenvalue weighted by atomic mass is 9.83. The fraction of sp³-hybridized carbons (Fsp3) is 0.632. The minimum Gasteiger partial charge on any atom is -0.469 e. The quantitative estimate of drug-likeness (QED) is 0.555. The number of esters is 1. The van der Waals surface area contributed by atoms with E-state index in [1.807, 2.05) is 32.0 Å². The second kappa shape index (κ2) is 6.40. The molecule has 2 rings (SSSR count). The molecule has 4 heteroatoms. The Hall–Kier alpha value is -1.13. The first-order chi connectivity index (χ1) is 10.6. The number of hydrogen-bond acceptors (Lipinski definition) is 3. The molecule has 0 saturated carbocycles. The Labute approximate surface area is 141 Å². The summed E-state index contributed by atoms with van der Waals surface area (Å²) in [6, 6.07) is 12.5. The zero-order valence-corrected chi connectivity index (χ0v) is 16.3. The molecule has 23 heavy (non-hydrogen) atoms. The largest absolute Gasteiger partial charge is 0.469 e. The lowest BCUT2D eigenvalue weighted by molar-refractivity contribution is -0.157. The number of carbonyl (C=O) groups is 1. The van der Waals surface area contributed by atoms with Gasteiger partial charge in [0.05, 0.1) is 18.6 Å². The number of rotatable bonds is 5. The average Bonchev–Trinajstić information content (AvgIpc) is 2.44. The molecule has 3 nitrogen and oxygen atoms in total. The zero-order valence-electron chi connectivity index (χ0n) is 15.3. The highest BCUT2D eigenvalue weighted by Gasteiger charge is 2.55. The van der Waals surface area contributed by atoms with Crippen molar-refractivity contribution in [3.8, 4) is 0 Å². The first-order valence-electron chi connectivity index (χ1n) is 8.45. The van der Waals surface area contributed by atoms with Gasteiger partial charge in [0.2, 0.25) is 0 Å². The molecule has 1 aliphatic heterocycles. The van der Waals surface area contributed by atoms with Gasteiger partial charge in [0.15, 0.2) is 8.32 Å². The van der Waals surface area contributed by atoms with Crippen LogP contribution in [0.2, 0.25) is 17.1 Å². The second-order valence-corrected chi connectivity index (χ2v) is 12.9. The topological polar surface area (TPSA) is 35.5 Å². The summed E-state index contributed by atoms with van der Waals surface area (Å²) >= 11 is 0. The summed E-state index contributed by atoms with van der Waals surface area (Å²) < 4.78 is 11.9. The molecule has 1 aliphatic rings. The highest BCUT2D eigenvalue weighted by Crippen LogP contribution is 2.54. The van der Waals surface area contributed by atoms with Gasteiger partial charge >= 0.3 is 5.97 Å². The van der Waals surface area contributed by atoms with Gasteiger partial charge in [0, 0.05) is 0 Å². The third kappa shape index (κ3) is 3.38. The fourth-order valence-corrected chi connectivity index (χ4v) is 7.36. The van der Waals surface area contributed by atoms with Crippen LogP contribution in [0.1, 0.15) is 52.7 Å². The van der Waals surface area contributed by atoms with Crippen molar-refractivity contribution in [2.24, 2.45) is 5.41 Å².